The molecule has 0 bridgehead atoms. The van der Waals surface area contributed by atoms with E-state index in [1.807, 2.05) is 18.2 Å². The van der Waals surface area contributed by atoms with Crippen molar-refractivity contribution in [3.8, 4) is 6.07 Å². The van der Waals surface area contributed by atoms with Gasteiger partial charge in [-0.3, -0.25) is 0 Å². The molecule has 3 heteroatoms. The third-order valence-electron chi connectivity index (χ3n) is 3.20. The number of hydrogen-bond donors (Lipinski definition) is 0. The highest BCUT2D eigenvalue weighted by molar-refractivity contribution is 6.30. The maximum atomic E-state index is 9.30. The van der Waals surface area contributed by atoms with Crippen LogP contribution in [0.15, 0.2) is 41.1 Å². The Bertz CT molecular complexity index is 506. The van der Waals surface area contributed by atoms with Gasteiger partial charge in [-0.2, -0.15) is 5.26 Å². The number of allylic oxidation sites excluding steroid dienone is 1. The van der Waals surface area contributed by atoms with Crippen LogP contribution in [0.4, 0.5) is 0 Å². The van der Waals surface area contributed by atoms with E-state index in [0.717, 1.165) is 0 Å². The molecular formula is C15H17ClN2. The smallest absolute Gasteiger partial charge is 0.131 e. The Morgan fingerprint density at radius 1 is 1.28 bits per heavy atom. The minimum Gasteiger partial charge on any atom is -0.350 e. The van der Waals surface area contributed by atoms with Gasteiger partial charge in [0.25, 0.3) is 0 Å². The lowest BCUT2D eigenvalue weighted by molar-refractivity contribution is 0.150. The topological polar surface area (TPSA) is 27.0 Å². The average Bonchev–Trinajstić information content (AvgIpc) is 2.67. The molecule has 1 aromatic carbocycles. The molecule has 0 fully saturated rings. The van der Waals surface area contributed by atoms with Crippen LogP contribution in [0.25, 0.3) is 0 Å². The fourth-order valence-corrected chi connectivity index (χ4v) is 2.78. The summed E-state index contributed by atoms with van der Waals surface area (Å²) in [5.41, 5.74) is 1.69. The van der Waals surface area contributed by atoms with Crippen LogP contribution < -0.4 is 0 Å². The molecule has 0 saturated carbocycles. The largest absolute Gasteiger partial charge is 0.350 e. The van der Waals surface area contributed by atoms with Crippen LogP contribution in [0.3, 0.4) is 0 Å². The number of hydrogen-bond acceptors (Lipinski definition) is 2. The molecule has 0 aromatic heterocycles. The van der Waals surface area contributed by atoms with E-state index >= 15 is 0 Å². The Balaban J connectivity index is 2.44. The molecule has 1 aromatic rings. The number of nitriles is 1. The van der Waals surface area contributed by atoms with Crippen molar-refractivity contribution >= 4 is 11.6 Å². The molecule has 1 heterocycles. The predicted octanol–water partition coefficient (Wildman–Crippen LogP) is 4.21. The number of nitrogens with zero attached hydrogens (tertiary/aromatic N) is 2. The van der Waals surface area contributed by atoms with Crippen LogP contribution in [0.2, 0.25) is 0 Å². The molecule has 1 aliphatic heterocycles. The van der Waals surface area contributed by atoms with Gasteiger partial charge >= 0.3 is 0 Å². The third kappa shape index (κ3) is 2.23. The summed E-state index contributed by atoms with van der Waals surface area (Å²) in [5.74, 6) is 0. The van der Waals surface area contributed by atoms with E-state index in [9.17, 15) is 5.26 Å². The summed E-state index contributed by atoms with van der Waals surface area (Å²) < 4.78 is 0. The highest BCUT2D eigenvalue weighted by Gasteiger charge is 2.38. The van der Waals surface area contributed by atoms with Crippen LogP contribution >= 0.6 is 11.6 Å². The van der Waals surface area contributed by atoms with Crippen molar-refractivity contribution in [3.05, 3.63) is 46.6 Å². The summed E-state index contributed by atoms with van der Waals surface area (Å²) in [6, 6.07) is 12.6. The number of halogens is 1. The Morgan fingerprint density at radius 2 is 1.89 bits per heavy atom. The molecule has 1 atom stereocenters. The molecule has 18 heavy (non-hydrogen) atoms. The summed E-state index contributed by atoms with van der Waals surface area (Å²) in [7, 11) is 0. The third-order valence-corrected chi connectivity index (χ3v) is 3.53. The van der Waals surface area contributed by atoms with E-state index in [0.29, 0.717) is 17.2 Å². The molecule has 0 N–H and O–H groups in total. The highest BCUT2D eigenvalue weighted by Crippen LogP contribution is 2.44. The fraction of sp³-hybridized carbons (Fsp3) is 0.400. The first-order valence-corrected chi connectivity index (χ1v) is 6.46. The Morgan fingerprint density at radius 3 is 2.39 bits per heavy atom. The fourth-order valence-electron chi connectivity index (χ4n) is 2.50. The monoisotopic (exact) mass is 260 g/mol. The minimum absolute atomic E-state index is 0.123. The summed E-state index contributed by atoms with van der Waals surface area (Å²) in [4.78, 5) is 2.13. The molecule has 1 aliphatic rings. The Hall–Kier alpha value is -1.46. The first-order valence-electron chi connectivity index (χ1n) is 6.08. The number of rotatable bonds is 1. The van der Waals surface area contributed by atoms with Crippen LogP contribution in [0.1, 0.15) is 38.8 Å². The zero-order chi connectivity index (χ0) is 13.3. The maximum absolute atomic E-state index is 9.30. The van der Waals surface area contributed by atoms with Crippen molar-refractivity contribution in [3.63, 3.8) is 0 Å². The van der Waals surface area contributed by atoms with Crippen molar-refractivity contribution in [2.75, 3.05) is 0 Å². The van der Waals surface area contributed by atoms with Gasteiger partial charge in [0.2, 0.25) is 0 Å². The van der Waals surface area contributed by atoms with Crippen molar-refractivity contribution < 1.29 is 0 Å². The lowest BCUT2D eigenvalue weighted by Gasteiger charge is -2.39. The maximum Gasteiger partial charge on any atom is 0.131 e. The molecule has 0 spiro atoms. The molecule has 0 radical (unpaired) electrons. The average molecular weight is 261 g/mol. The predicted molar refractivity (Wildman–Crippen MR) is 73.9 cm³/mol. The van der Waals surface area contributed by atoms with Crippen molar-refractivity contribution in [1.82, 2.24) is 4.90 Å². The molecular weight excluding hydrogens is 244 g/mol. The van der Waals surface area contributed by atoms with Crippen molar-refractivity contribution in [1.29, 1.82) is 5.26 Å². The zero-order valence-electron chi connectivity index (χ0n) is 10.9. The molecule has 2 nitrogen and oxygen atoms in total. The second kappa shape index (κ2) is 4.66. The molecule has 1 unspecified atom stereocenters. The molecule has 0 aliphatic carbocycles. The SMILES string of the molecule is CC(C)(C)N1C(C#N)=C(Cl)CC1c1ccccc1. The quantitative estimate of drug-likeness (QED) is 0.756. The first-order chi connectivity index (χ1) is 8.45. The lowest BCUT2D eigenvalue weighted by Crippen LogP contribution is -2.40. The van der Waals surface area contributed by atoms with Crippen LogP contribution in [0.5, 0.6) is 0 Å². The summed E-state index contributed by atoms with van der Waals surface area (Å²) in [6.45, 7) is 6.32. The molecule has 2 rings (SSSR count). The van der Waals surface area contributed by atoms with E-state index in [-0.39, 0.29) is 11.6 Å². The van der Waals surface area contributed by atoms with Gasteiger partial charge in [-0.25, -0.2) is 0 Å². The number of benzene rings is 1. The van der Waals surface area contributed by atoms with Gasteiger partial charge in [-0.05, 0) is 26.3 Å². The molecule has 0 saturated heterocycles. The van der Waals surface area contributed by atoms with Gasteiger partial charge in [-0.15, -0.1) is 0 Å². The molecule has 0 amide bonds. The van der Waals surface area contributed by atoms with Crippen molar-refractivity contribution in [2.45, 2.75) is 38.8 Å². The zero-order valence-corrected chi connectivity index (χ0v) is 11.7. The van der Waals surface area contributed by atoms with Crippen LogP contribution in [0, 0.1) is 11.3 Å². The molecule has 94 valence electrons. The lowest BCUT2D eigenvalue weighted by atomic mass is 9.98. The highest BCUT2D eigenvalue weighted by atomic mass is 35.5. The van der Waals surface area contributed by atoms with Gasteiger partial charge in [0, 0.05) is 12.0 Å². The first kappa shape index (κ1) is 13.0. The second-order valence-corrected chi connectivity index (χ2v) is 5.99. The standard InChI is InChI=1S/C15H17ClN2/c1-15(2,3)18-13(9-12(16)14(18)10-17)11-7-5-4-6-8-11/h4-8,13H,9H2,1-3H3. The Labute approximate surface area is 113 Å². The van der Waals surface area contributed by atoms with E-state index in [2.05, 4.69) is 43.9 Å². The van der Waals surface area contributed by atoms with E-state index in [1.54, 1.807) is 0 Å². The van der Waals surface area contributed by atoms with Crippen LogP contribution in [-0.2, 0) is 0 Å². The van der Waals surface area contributed by atoms with Gasteiger partial charge in [0.05, 0.1) is 11.1 Å². The van der Waals surface area contributed by atoms with E-state index in [1.165, 1.54) is 5.56 Å². The van der Waals surface area contributed by atoms with E-state index in [4.69, 9.17) is 11.6 Å². The Kier molecular flexibility index (Phi) is 3.36. The summed E-state index contributed by atoms with van der Waals surface area (Å²) in [5, 5.41) is 9.97. The summed E-state index contributed by atoms with van der Waals surface area (Å²) in [6.07, 6.45) is 0.714. The normalized spacial score (nSPS) is 20.2. The summed E-state index contributed by atoms with van der Waals surface area (Å²) >= 11 is 6.24. The second-order valence-electron chi connectivity index (χ2n) is 5.54. The van der Waals surface area contributed by atoms with Crippen LogP contribution in [-0.4, -0.2) is 10.4 Å². The van der Waals surface area contributed by atoms with Gasteiger partial charge in [-0.1, -0.05) is 41.9 Å². The van der Waals surface area contributed by atoms with E-state index < -0.39 is 0 Å². The van der Waals surface area contributed by atoms with Gasteiger partial charge in [0.15, 0.2) is 0 Å². The van der Waals surface area contributed by atoms with Crippen molar-refractivity contribution in [2.24, 2.45) is 0 Å². The minimum atomic E-state index is -0.123. The van der Waals surface area contributed by atoms with Gasteiger partial charge < -0.3 is 4.90 Å². The van der Waals surface area contributed by atoms with Gasteiger partial charge in [0.1, 0.15) is 11.8 Å².